The van der Waals surface area contributed by atoms with Crippen molar-refractivity contribution in [1.29, 1.82) is 0 Å². The minimum Gasteiger partial charge on any atom is -0.361 e. The van der Waals surface area contributed by atoms with Gasteiger partial charge in [-0.15, -0.1) is 10.2 Å². The van der Waals surface area contributed by atoms with Gasteiger partial charge in [0, 0.05) is 47.3 Å². The smallest absolute Gasteiger partial charge is 0.136 e. The van der Waals surface area contributed by atoms with Crippen LogP contribution < -0.4 is 0 Å². The number of hydrogen-bond donors (Lipinski definition) is 2. The first-order valence-electron chi connectivity index (χ1n) is 11.8. The number of aromatic nitrogens is 8. The van der Waals surface area contributed by atoms with E-state index in [2.05, 4.69) is 96.2 Å². The van der Waals surface area contributed by atoms with Gasteiger partial charge >= 0.3 is 0 Å². The molecule has 8 heteroatoms. The highest BCUT2D eigenvalue weighted by atomic mass is 15.5. The van der Waals surface area contributed by atoms with Crippen molar-refractivity contribution in [2.75, 3.05) is 0 Å². The Morgan fingerprint density at radius 3 is 2.03 bits per heavy atom. The van der Waals surface area contributed by atoms with E-state index in [-0.39, 0.29) is 0 Å². The van der Waals surface area contributed by atoms with Gasteiger partial charge in [-0.05, 0) is 48.9 Å². The molecule has 0 amide bonds. The van der Waals surface area contributed by atoms with Gasteiger partial charge in [-0.25, -0.2) is 9.36 Å². The van der Waals surface area contributed by atoms with E-state index in [0.29, 0.717) is 0 Å². The Kier molecular flexibility index (Phi) is 4.36. The zero-order chi connectivity index (χ0) is 22.5. The summed E-state index contributed by atoms with van der Waals surface area (Å²) in [5.41, 5.74) is 9.10. The second-order valence-corrected chi connectivity index (χ2v) is 8.93. The van der Waals surface area contributed by atoms with E-state index < -0.39 is 0 Å². The summed E-state index contributed by atoms with van der Waals surface area (Å²) in [7, 11) is 0. The summed E-state index contributed by atoms with van der Waals surface area (Å²) in [6.45, 7) is 1.56. The van der Waals surface area contributed by atoms with E-state index in [1.54, 1.807) is 0 Å². The second kappa shape index (κ2) is 7.69. The van der Waals surface area contributed by atoms with Crippen LogP contribution >= 0.6 is 0 Å². The van der Waals surface area contributed by atoms with Gasteiger partial charge in [0.15, 0.2) is 0 Å². The molecule has 1 aliphatic carbocycles. The molecule has 0 saturated heterocycles. The highest BCUT2D eigenvalue weighted by molar-refractivity contribution is 5.83. The predicted octanol–water partition coefficient (Wildman–Crippen LogP) is 4.08. The minimum absolute atomic E-state index is 0.756. The van der Waals surface area contributed by atoms with Crippen LogP contribution in [-0.4, -0.2) is 40.0 Å². The molecular formula is C26H24N8. The maximum atomic E-state index is 4.59. The fraction of sp³-hybridized carbons (Fsp3) is 0.231. The predicted molar refractivity (Wildman–Crippen MR) is 130 cm³/mol. The molecule has 34 heavy (non-hydrogen) atoms. The quantitative estimate of drug-likeness (QED) is 0.401. The van der Waals surface area contributed by atoms with Gasteiger partial charge in [0.2, 0.25) is 0 Å². The van der Waals surface area contributed by atoms with Crippen molar-refractivity contribution in [2.45, 2.75) is 38.8 Å². The highest BCUT2D eigenvalue weighted by Gasteiger charge is 2.27. The van der Waals surface area contributed by atoms with Crippen molar-refractivity contribution in [2.24, 2.45) is 0 Å². The molecule has 168 valence electrons. The van der Waals surface area contributed by atoms with Gasteiger partial charge in [-0.1, -0.05) is 46.8 Å². The first-order valence-corrected chi connectivity index (χ1v) is 11.8. The SMILES string of the molecule is c1ccc2c(CCn3nnc4c3CCc3nnn(CCc5c[nH]c6ccccc56)c3-4)c[nH]c2c1. The summed E-state index contributed by atoms with van der Waals surface area (Å²) in [5, 5.41) is 20.6. The first kappa shape index (κ1) is 19.3. The van der Waals surface area contributed by atoms with Crippen LogP contribution in [0.15, 0.2) is 60.9 Å². The van der Waals surface area contributed by atoms with Crippen LogP contribution in [0.4, 0.5) is 0 Å². The lowest BCUT2D eigenvalue weighted by Gasteiger charge is -2.14. The van der Waals surface area contributed by atoms with Crippen LogP contribution in [0.2, 0.25) is 0 Å². The van der Waals surface area contributed by atoms with E-state index in [4.69, 9.17) is 0 Å². The van der Waals surface area contributed by atoms with Crippen molar-refractivity contribution in [3.8, 4) is 11.4 Å². The van der Waals surface area contributed by atoms with Crippen molar-refractivity contribution in [1.82, 2.24) is 40.0 Å². The van der Waals surface area contributed by atoms with Crippen LogP contribution in [0.25, 0.3) is 33.2 Å². The number of benzene rings is 2. The van der Waals surface area contributed by atoms with E-state index in [9.17, 15) is 0 Å². The molecule has 2 N–H and O–H groups in total. The van der Waals surface area contributed by atoms with E-state index in [1.165, 1.54) is 38.6 Å². The average molecular weight is 449 g/mol. The molecule has 0 saturated carbocycles. The molecule has 6 aromatic rings. The molecule has 7 rings (SSSR count). The van der Waals surface area contributed by atoms with Gasteiger partial charge in [0.1, 0.15) is 11.4 Å². The fourth-order valence-corrected chi connectivity index (χ4v) is 5.24. The number of rotatable bonds is 6. The molecule has 4 heterocycles. The van der Waals surface area contributed by atoms with Crippen molar-refractivity contribution < 1.29 is 0 Å². The molecule has 0 unspecified atom stereocenters. The average Bonchev–Trinajstić information content (AvgIpc) is 3.65. The van der Waals surface area contributed by atoms with E-state index >= 15 is 0 Å². The summed E-state index contributed by atoms with van der Waals surface area (Å²) in [5.74, 6) is 0. The lowest BCUT2D eigenvalue weighted by atomic mass is 10.0. The standard InChI is InChI=1S/C26H24N8/c1-3-7-21-19(5-1)17(15-27-21)11-13-33-24-10-9-23-26(25(24)30-32-33)34(31-29-23)14-12-18-16-28-22-8-4-2-6-20(18)22/h1-8,15-16,27-28H,9-14H2. The fourth-order valence-electron chi connectivity index (χ4n) is 5.24. The normalized spacial score (nSPS) is 12.9. The van der Waals surface area contributed by atoms with E-state index in [1.807, 2.05) is 4.68 Å². The Bertz CT molecular complexity index is 1630. The third kappa shape index (κ3) is 3.06. The number of para-hydroxylation sites is 2. The topological polar surface area (TPSA) is 93.0 Å². The summed E-state index contributed by atoms with van der Waals surface area (Å²) in [6.07, 6.45) is 7.76. The van der Waals surface area contributed by atoms with Crippen LogP contribution in [0.5, 0.6) is 0 Å². The number of hydrogen-bond acceptors (Lipinski definition) is 4. The number of nitrogens with one attached hydrogen (secondary N) is 2. The molecule has 0 aliphatic heterocycles. The second-order valence-electron chi connectivity index (χ2n) is 8.93. The van der Waals surface area contributed by atoms with E-state index in [0.717, 1.165) is 55.9 Å². The molecule has 0 radical (unpaired) electrons. The maximum Gasteiger partial charge on any atom is 0.136 e. The van der Waals surface area contributed by atoms with Gasteiger partial charge in [-0.2, -0.15) is 0 Å². The Hall–Kier alpha value is -4.20. The lowest BCUT2D eigenvalue weighted by Crippen LogP contribution is -2.13. The summed E-state index contributed by atoms with van der Waals surface area (Å²) < 4.78 is 4.07. The number of H-pyrrole nitrogens is 2. The number of nitrogens with zero attached hydrogens (tertiary/aromatic N) is 6. The molecular weight excluding hydrogens is 424 g/mol. The van der Waals surface area contributed by atoms with Crippen molar-refractivity contribution in [3.05, 3.63) is 83.4 Å². The first-order chi connectivity index (χ1) is 16.8. The van der Waals surface area contributed by atoms with Gasteiger partial charge < -0.3 is 9.97 Å². The number of aryl methyl sites for hydroxylation is 5. The Balaban J connectivity index is 1.14. The molecule has 0 bridgehead atoms. The Morgan fingerprint density at radius 1 is 0.706 bits per heavy atom. The molecule has 2 aromatic carbocycles. The van der Waals surface area contributed by atoms with Crippen molar-refractivity contribution >= 4 is 21.8 Å². The van der Waals surface area contributed by atoms with Gasteiger partial charge in [0.25, 0.3) is 0 Å². The minimum atomic E-state index is 0.756. The summed E-state index contributed by atoms with van der Waals surface area (Å²) in [4.78, 5) is 6.73. The zero-order valence-corrected chi connectivity index (χ0v) is 18.7. The Labute approximate surface area is 195 Å². The highest BCUT2D eigenvalue weighted by Crippen LogP contribution is 2.31. The zero-order valence-electron chi connectivity index (χ0n) is 18.7. The monoisotopic (exact) mass is 448 g/mol. The molecule has 0 spiro atoms. The molecule has 8 nitrogen and oxygen atoms in total. The largest absolute Gasteiger partial charge is 0.361 e. The molecule has 4 aromatic heterocycles. The van der Waals surface area contributed by atoms with Gasteiger partial charge in [-0.3, -0.25) is 0 Å². The third-order valence-electron chi connectivity index (χ3n) is 7.00. The molecule has 1 aliphatic rings. The van der Waals surface area contributed by atoms with Crippen LogP contribution in [0.1, 0.15) is 22.5 Å². The number of fused-ring (bicyclic) bond motifs is 5. The molecule has 0 fully saturated rings. The summed E-state index contributed by atoms with van der Waals surface area (Å²) >= 11 is 0. The van der Waals surface area contributed by atoms with Crippen LogP contribution in [0, 0.1) is 0 Å². The van der Waals surface area contributed by atoms with Crippen molar-refractivity contribution in [3.63, 3.8) is 0 Å². The van der Waals surface area contributed by atoms with Crippen LogP contribution in [-0.2, 0) is 38.8 Å². The number of aromatic amines is 2. The van der Waals surface area contributed by atoms with Crippen LogP contribution in [0.3, 0.4) is 0 Å². The third-order valence-corrected chi connectivity index (χ3v) is 7.00. The Morgan fingerprint density at radius 2 is 1.32 bits per heavy atom. The maximum absolute atomic E-state index is 4.59. The summed E-state index contributed by atoms with van der Waals surface area (Å²) in [6, 6.07) is 16.8. The molecule has 0 atom stereocenters. The lowest BCUT2D eigenvalue weighted by molar-refractivity contribution is 0.563. The van der Waals surface area contributed by atoms with Gasteiger partial charge in [0.05, 0.1) is 11.4 Å².